The summed E-state index contributed by atoms with van der Waals surface area (Å²) in [5.41, 5.74) is 1.76. The Balaban J connectivity index is 1.63. The van der Waals surface area contributed by atoms with Crippen molar-refractivity contribution in [3.05, 3.63) is 77.2 Å². The summed E-state index contributed by atoms with van der Waals surface area (Å²) < 4.78 is 6.47. The van der Waals surface area contributed by atoms with Gasteiger partial charge in [-0.3, -0.25) is 9.69 Å². The van der Waals surface area contributed by atoms with Gasteiger partial charge < -0.3 is 4.42 Å². The predicted octanol–water partition coefficient (Wildman–Crippen LogP) is 6.18. The maximum Gasteiger partial charge on any atom is 0.239 e. The van der Waals surface area contributed by atoms with Crippen LogP contribution in [0.3, 0.4) is 0 Å². The van der Waals surface area contributed by atoms with E-state index in [0.717, 1.165) is 20.7 Å². The minimum absolute atomic E-state index is 0.0203. The van der Waals surface area contributed by atoms with Crippen molar-refractivity contribution in [2.45, 2.75) is 18.4 Å². The van der Waals surface area contributed by atoms with Gasteiger partial charge in [-0.1, -0.05) is 41.1 Å². The molecule has 0 saturated carbocycles. The highest BCUT2D eigenvalue weighted by Crippen LogP contribution is 2.34. The molecule has 4 rings (SSSR count). The number of carbonyl (C=O) groups is 1. The Bertz CT molecular complexity index is 1090. The monoisotopic (exact) mass is 428 g/mol. The van der Waals surface area contributed by atoms with Crippen LogP contribution >= 0.6 is 34.7 Å². The fraction of sp³-hybridized carbons (Fsp3) is 0.143. The van der Waals surface area contributed by atoms with Crippen LogP contribution < -0.4 is 4.90 Å². The lowest BCUT2D eigenvalue weighted by Crippen LogP contribution is -2.31. The first-order valence-corrected chi connectivity index (χ1v) is 10.9. The molecule has 0 radical (unpaired) electrons. The summed E-state index contributed by atoms with van der Waals surface area (Å²) >= 11 is 9.23. The van der Waals surface area contributed by atoms with Gasteiger partial charge in [0.2, 0.25) is 5.91 Å². The molecule has 0 unspecified atom stereocenters. The molecule has 2 aromatic heterocycles. The first-order chi connectivity index (χ1) is 13.6. The maximum absolute atomic E-state index is 13.1. The van der Waals surface area contributed by atoms with E-state index in [2.05, 4.69) is 0 Å². The number of rotatable bonds is 6. The predicted molar refractivity (Wildman–Crippen MR) is 116 cm³/mol. The second-order valence-corrected chi connectivity index (χ2v) is 8.64. The number of benzene rings is 2. The highest BCUT2D eigenvalue weighted by atomic mass is 35.5. The Kier molecular flexibility index (Phi) is 5.71. The normalized spacial score (nSPS) is 11.1. The Labute approximate surface area is 176 Å². The molecule has 0 bridgehead atoms. The molecule has 0 aliphatic carbocycles. The highest BCUT2D eigenvalue weighted by Gasteiger charge is 2.22. The number of fused-ring (bicyclic) bond motifs is 1. The van der Waals surface area contributed by atoms with Crippen molar-refractivity contribution in [2.75, 3.05) is 10.7 Å². The fourth-order valence-corrected chi connectivity index (χ4v) is 4.75. The van der Waals surface area contributed by atoms with Gasteiger partial charge in [0.25, 0.3) is 0 Å². The molecule has 0 aliphatic rings. The van der Waals surface area contributed by atoms with Crippen LogP contribution in [0.2, 0.25) is 5.02 Å². The molecular formula is C21H17ClN2O2S2. The fourth-order valence-electron chi connectivity index (χ4n) is 2.76. The van der Waals surface area contributed by atoms with Crippen molar-refractivity contribution in [3.8, 4) is 0 Å². The molecule has 0 N–H and O–H groups in total. The molecule has 0 saturated heterocycles. The molecule has 28 heavy (non-hydrogen) atoms. The van der Waals surface area contributed by atoms with E-state index >= 15 is 0 Å². The zero-order valence-corrected chi connectivity index (χ0v) is 17.5. The third-order valence-electron chi connectivity index (χ3n) is 4.27. The Morgan fingerprint density at radius 3 is 2.75 bits per heavy atom. The molecule has 0 atom stereocenters. The summed E-state index contributed by atoms with van der Waals surface area (Å²) in [6, 6.07) is 17.4. The number of furan rings is 1. The molecule has 4 aromatic rings. The third-order valence-corrected chi connectivity index (χ3v) is 6.72. The van der Waals surface area contributed by atoms with Gasteiger partial charge in [-0.2, -0.15) is 0 Å². The van der Waals surface area contributed by atoms with E-state index in [0.29, 0.717) is 28.2 Å². The minimum atomic E-state index is -0.0203. The van der Waals surface area contributed by atoms with E-state index in [1.54, 1.807) is 11.2 Å². The second kappa shape index (κ2) is 8.39. The molecule has 142 valence electrons. The van der Waals surface area contributed by atoms with Crippen LogP contribution in [0.1, 0.15) is 11.3 Å². The number of anilines is 1. The summed E-state index contributed by atoms with van der Waals surface area (Å²) in [6.07, 6.45) is 1.61. The van der Waals surface area contributed by atoms with E-state index in [-0.39, 0.29) is 5.91 Å². The van der Waals surface area contributed by atoms with E-state index in [1.807, 2.05) is 61.5 Å². The van der Waals surface area contributed by atoms with Crippen LogP contribution in [0, 0.1) is 6.92 Å². The lowest BCUT2D eigenvalue weighted by atomic mass is 10.2. The van der Waals surface area contributed by atoms with Crippen molar-refractivity contribution in [1.82, 2.24) is 4.98 Å². The summed E-state index contributed by atoms with van der Waals surface area (Å²) in [5, 5.41) is 1.32. The summed E-state index contributed by atoms with van der Waals surface area (Å²) in [6.45, 7) is 2.28. The van der Waals surface area contributed by atoms with Gasteiger partial charge in [0.05, 0.1) is 28.8 Å². The van der Waals surface area contributed by atoms with E-state index < -0.39 is 0 Å². The van der Waals surface area contributed by atoms with Gasteiger partial charge in [0.1, 0.15) is 5.76 Å². The third kappa shape index (κ3) is 4.09. The van der Waals surface area contributed by atoms with Crippen LogP contribution in [0.4, 0.5) is 5.13 Å². The van der Waals surface area contributed by atoms with Crippen molar-refractivity contribution in [3.63, 3.8) is 0 Å². The number of aromatic nitrogens is 1. The van der Waals surface area contributed by atoms with Crippen LogP contribution in [-0.2, 0) is 11.3 Å². The van der Waals surface area contributed by atoms with Crippen LogP contribution in [0.15, 0.2) is 70.2 Å². The highest BCUT2D eigenvalue weighted by molar-refractivity contribution is 8.00. The molecular weight excluding hydrogens is 412 g/mol. The van der Waals surface area contributed by atoms with E-state index in [9.17, 15) is 4.79 Å². The molecule has 4 nitrogen and oxygen atoms in total. The summed E-state index contributed by atoms with van der Waals surface area (Å²) in [7, 11) is 0. The average Bonchev–Trinajstić information content (AvgIpc) is 3.38. The van der Waals surface area contributed by atoms with Crippen molar-refractivity contribution >= 4 is 56.0 Å². The molecule has 0 aliphatic heterocycles. The van der Waals surface area contributed by atoms with Gasteiger partial charge in [-0.15, -0.1) is 11.8 Å². The molecule has 1 amide bonds. The van der Waals surface area contributed by atoms with E-state index in [1.165, 1.54) is 23.1 Å². The second-order valence-electron chi connectivity index (χ2n) is 6.18. The number of nitrogens with zero attached hydrogens (tertiary/aromatic N) is 2. The number of thioether (sulfide) groups is 1. The first-order valence-electron chi connectivity index (χ1n) is 8.68. The molecule has 2 aromatic carbocycles. The molecule has 2 heterocycles. The van der Waals surface area contributed by atoms with Crippen molar-refractivity contribution < 1.29 is 9.21 Å². The number of aryl methyl sites for hydroxylation is 1. The van der Waals surface area contributed by atoms with Gasteiger partial charge in [-0.25, -0.2) is 4.98 Å². The lowest BCUT2D eigenvalue weighted by molar-refractivity contribution is -0.116. The first kappa shape index (κ1) is 19.1. The molecule has 7 heteroatoms. The topological polar surface area (TPSA) is 46.3 Å². The maximum atomic E-state index is 13.1. The van der Waals surface area contributed by atoms with Crippen LogP contribution in [0.25, 0.3) is 10.2 Å². The minimum Gasteiger partial charge on any atom is -0.467 e. The summed E-state index contributed by atoms with van der Waals surface area (Å²) in [4.78, 5) is 20.5. The van der Waals surface area contributed by atoms with Gasteiger partial charge in [-0.05, 0) is 48.9 Å². The smallest absolute Gasteiger partial charge is 0.239 e. The number of amides is 1. The lowest BCUT2D eigenvalue weighted by Gasteiger charge is -2.18. The summed E-state index contributed by atoms with van der Waals surface area (Å²) in [5.74, 6) is 1.01. The van der Waals surface area contributed by atoms with Crippen molar-refractivity contribution in [1.29, 1.82) is 0 Å². The van der Waals surface area contributed by atoms with Crippen LogP contribution in [-0.4, -0.2) is 16.6 Å². The number of carbonyl (C=O) groups excluding carboxylic acids is 1. The SMILES string of the molecule is Cc1c(Cl)ccc2sc(N(Cc3ccco3)C(=O)CSc3ccccc3)nc12. The molecule has 0 spiro atoms. The van der Waals surface area contributed by atoms with Crippen LogP contribution in [0.5, 0.6) is 0 Å². The van der Waals surface area contributed by atoms with Gasteiger partial charge in [0.15, 0.2) is 5.13 Å². The van der Waals surface area contributed by atoms with Crippen molar-refractivity contribution in [2.24, 2.45) is 0 Å². The Morgan fingerprint density at radius 1 is 1.18 bits per heavy atom. The number of thiazole rings is 1. The van der Waals surface area contributed by atoms with Gasteiger partial charge >= 0.3 is 0 Å². The number of halogens is 1. The largest absolute Gasteiger partial charge is 0.467 e. The Hall–Kier alpha value is -2.28. The number of hydrogen-bond acceptors (Lipinski definition) is 5. The van der Waals surface area contributed by atoms with E-state index in [4.69, 9.17) is 21.0 Å². The zero-order valence-electron chi connectivity index (χ0n) is 15.1. The average molecular weight is 429 g/mol. The van der Waals surface area contributed by atoms with Gasteiger partial charge in [0, 0.05) is 9.92 Å². The molecule has 0 fully saturated rings. The number of hydrogen-bond donors (Lipinski definition) is 0. The zero-order chi connectivity index (χ0) is 19.5. The Morgan fingerprint density at radius 2 is 2.00 bits per heavy atom. The quantitative estimate of drug-likeness (QED) is 0.344. The standard InChI is InChI=1S/C21H17ClN2O2S2/c1-14-17(22)9-10-18-20(14)23-21(28-18)24(12-15-6-5-11-26-15)19(25)13-27-16-7-3-2-4-8-16/h2-11H,12-13H2,1H3.